The predicted octanol–water partition coefficient (Wildman–Crippen LogP) is 6.30. The van der Waals surface area contributed by atoms with Crippen LogP contribution in [0.25, 0.3) is 0 Å². The van der Waals surface area contributed by atoms with Crippen LogP contribution in [0.2, 0.25) is 5.02 Å². The molecule has 1 fully saturated rings. The molecule has 2 aromatic rings. The van der Waals surface area contributed by atoms with Gasteiger partial charge in [0.2, 0.25) is 0 Å². The number of hydrogen-bond donors (Lipinski definition) is 1. The smallest absolute Gasteiger partial charge is 0.490 e. The first-order chi connectivity index (χ1) is 17.5. The van der Waals surface area contributed by atoms with Crippen molar-refractivity contribution in [2.24, 2.45) is 0 Å². The Morgan fingerprint density at radius 1 is 1.08 bits per heavy atom. The monoisotopic (exact) mass is 544 g/mol. The zero-order valence-corrected chi connectivity index (χ0v) is 22.1. The molecule has 0 bridgehead atoms. The summed E-state index contributed by atoms with van der Waals surface area (Å²) in [6.07, 6.45) is 0.929. The van der Waals surface area contributed by atoms with E-state index in [4.69, 9.17) is 31.0 Å². The maximum absolute atomic E-state index is 10.6. The van der Waals surface area contributed by atoms with E-state index in [0.29, 0.717) is 5.02 Å². The maximum atomic E-state index is 10.6. The molecule has 1 heterocycles. The lowest BCUT2D eigenvalue weighted by atomic mass is 10.1. The van der Waals surface area contributed by atoms with Crippen LogP contribution in [0.1, 0.15) is 43.8 Å². The van der Waals surface area contributed by atoms with Crippen molar-refractivity contribution in [3.63, 3.8) is 0 Å². The van der Waals surface area contributed by atoms with Gasteiger partial charge in [-0.1, -0.05) is 36.2 Å². The molecule has 0 aliphatic carbocycles. The second-order valence-corrected chi connectivity index (χ2v) is 9.57. The summed E-state index contributed by atoms with van der Waals surface area (Å²) in [5.41, 5.74) is 1.15. The molecule has 0 amide bonds. The first kappa shape index (κ1) is 30.7. The Morgan fingerprint density at radius 3 is 2.30 bits per heavy atom. The van der Waals surface area contributed by atoms with E-state index in [0.717, 1.165) is 49.6 Å². The van der Waals surface area contributed by atoms with Crippen molar-refractivity contribution in [3.8, 4) is 11.5 Å². The molecule has 0 radical (unpaired) electrons. The molecule has 1 saturated heterocycles. The van der Waals surface area contributed by atoms with Crippen LogP contribution in [0, 0.1) is 0 Å². The average molecular weight is 545 g/mol. The summed E-state index contributed by atoms with van der Waals surface area (Å²) in [6, 6.07) is 15.9. The molecule has 1 unspecified atom stereocenters. The second-order valence-electron chi connectivity index (χ2n) is 9.13. The van der Waals surface area contributed by atoms with E-state index in [1.807, 2.05) is 24.3 Å². The second kappa shape index (κ2) is 15.7. The number of carbonyl (C=O) groups is 1. The topological polar surface area (TPSA) is 62.2 Å². The number of likely N-dealkylation sites (tertiary alicyclic amines) is 1. The number of rotatable bonds is 11. The minimum atomic E-state index is -5.08. The summed E-state index contributed by atoms with van der Waals surface area (Å²) in [5.74, 6) is -1.04. The molecular weight excluding hydrogens is 509 g/mol. The van der Waals surface area contributed by atoms with Gasteiger partial charge in [-0.2, -0.15) is 13.2 Å². The highest BCUT2D eigenvalue weighted by Crippen LogP contribution is 2.28. The molecule has 0 spiro atoms. The van der Waals surface area contributed by atoms with Gasteiger partial charge in [0.25, 0.3) is 0 Å². The van der Waals surface area contributed by atoms with Crippen LogP contribution in [-0.4, -0.2) is 73.9 Å². The van der Waals surface area contributed by atoms with Gasteiger partial charge < -0.3 is 24.4 Å². The number of piperidine rings is 1. The first-order valence-electron chi connectivity index (χ1n) is 12.4. The Labute approximate surface area is 221 Å². The number of ether oxygens (including phenoxy) is 2. The van der Waals surface area contributed by atoms with Crippen LogP contribution >= 0.6 is 11.6 Å². The zero-order valence-electron chi connectivity index (χ0n) is 21.3. The van der Waals surface area contributed by atoms with Crippen molar-refractivity contribution in [2.45, 2.75) is 44.4 Å². The minimum Gasteiger partial charge on any atom is -0.494 e. The summed E-state index contributed by atoms with van der Waals surface area (Å²) in [7, 11) is 4.16. The van der Waals surface area contributed by atoms with Crippen molar-refractivity contribution in [1.82, 2.24) is 9.80 Å². The number of hydrogen-bond acceptors (Lipinski definition) is 5. The van der Waals surface area contributed by atoms with Crippen LogP contribution in [0.15, 0.2) is 48.5 Å². The Bertz CT molecular complexity index is 936. The van der Waals surface area contributed by atoms with Gasteiger partial charge in [0, 0.05) is 24.5 Å². The van der Waals surface area contributed by atoms with Gasteiger partial charge in [0.1, 0.15) is 17.6 Å². The maximum Gasteiger partial charge on any atom is 0.490 e. The summed E-state index contributed by atoms with van der Waals surface area (Å²) in [4.78, 5) is 13.6. The third-order valence-corrected chi connectivity index (χ3v) is 5.98. The van der Waals surface area contributed by atoms with Gasteiger partial charge in [0.15, 0.2) is 0 Å². The molecule has 0 saturated carbocycles. The molecule has 1 aliphatic rings. The number of nitrogens with zero attached hydrogens (tertiary/aromatic N) is 2. The molecule has 1 aliphatic heterocycles. The Hall–Kier alpha value is -2.49. The molecule has 3 rings (SSSR count). The third kappa shape index (κ3) is 12.5. The summed E-state index contributed by atoms with van der Waals surface area (Å²) in [6.45, 7) is 5.34. The van der Waals surface area contributed by atoms with E-state index in [2.05, 4.69) is 48.2 Å². The van der Waals surface area contributed by atoms with E-state index < -0.39 is 12.1 Å². The Morgan fingerprint density at radius 2 is 1.73 bits per heavy atom. The molecule has 1 N–H and O–H groups in total. The summed E-state index contributed by atoms with van der Waals surface area (Å²) >= 11 is 6.12. The molecule has 0 aromatic heterocycles. The van der Waals surface area contributed by atoms with Crippen LogP contribution < -0.4 is 9.47 Å². The third-order valence-electron chi connectivity index (χ3n) is 5.74. The van der Waals surface area contributed by atoms with E-state index in [-0.39, 0.29) is 6.10 Å². The zero-order chi connectivity index (χ0) is 27.3. The number of carboxylic acid groups (broad SMARTS) is 1. The standard InChI is InChI=1S/C25H35ClN2O2.C2HF3O2/c1-27(2)18-14-25(30-24-9-6-8-22(26)20-24)21-10-12-23(13-11-21)29-19-7-17-28-15-4-3-5-16-28;3-2(4,5)1(6)7/h6,8-13,20,25H,3-5,7,14-19H2,1-2H3;(H,6,7). The first-order valence-corrected chi connectivity index (χ1v) is 12.7. The fourth-order valence-corrected chi connectivity index (χ4v) is 3.99. The van der Waals surface area contributed by atoms with Gasteiger partial charge in [-0.05, 0) is 82.3 Å². The Kier molecular flexibility index (Phi) is 13.0. The molecule has 37 heavy (non-hydrogen) atoms. The summed E-state index contributed by atoms with van der Waals surface area (Å²) in [5, 5.41) is 7.81. The highest BCUT2D eigenvalue weighted by Gasteiger charge is 2.38. The highest BCUT2D eigenvalue weighted by atomic mass is 35.5. The lowest BCUT2D eigenvalue weighted by Gasteiger charge is -2.26. The van der Waals surface area contributed by atoms with Crippen LogP contribution in [0.5, 0.6) is 11.5 Å². The molecular formula is C27H36ClF3N2O4. The van der Waals surface area contributed by atoms with Crippen LogP contribution in [-0.2, 0) is 4.79 Å². The minimum absolute atomic E-state index is 0.0287. The molecule has 10 heteroatoms. The average Bonchev–Trinajstić information content (AvgIpc) is 2.85. The van der Waals surface area contributed by atoms with Crippen molar-refractivity contribution < 1.29 is 32.5 Å². The number of halogens is 4. The van der Waals surface area contributed by atoms with Gasteiger partial charge in [-0.25, -0.2) is 4.79 Å². The Balaban J connectivity index is 0.000000604. The van der Waals surface area contributed by atoms with Gasteiger partial charge in [0.05, 0.1) is 6.61 Å². The fourth-order valence-electron chi connectivity index (χ4n) is 3.81. The van der Waals surface area contributed by atoms with E-state index >= 15 is 0 Å². The van der Waals surface area contributed by atoms with E-state index in [9.17, 15) is 13.2 Å². The SMILES string of the molecule is CN(C)CCC(Oc1cccc(Cl)c1)c1ccc(OCCCN2CCCCC2)cc1.O=C(O)C(F)(F)F. The molecule has 206 valence electrons. The van der Waals surface area contributed by atoms with Gasteiger partial charge in [-0.15, -0.1) is 0 Å². The predicted molar refractivity (Wildman–Crippen MR) is 139 cm³/mol. The molecule has 2 aromatic carbocycles. The van der Waals surface area contributed by atoms with Crippen molar-refractivity contribution in [3.05, 3.63) is 59.1 Å². The lowest BCUT2D eigenvalue weighted by Crippen LogP contribution is -2.31. The normalized spacial score (nSPS) is 15.0. The van der Waals surface area contributed by atoms with Crippen molar-refractivity contribution in [2.75, 3.05) is 46.9 Å². The quantitative estimate of drug-likeness (QED) is 0.335. The van der Waals surface area contributed by atoms with E-state index in [1.54, 1.807) is 0 Å². The molecule has 6 nitrogen and oxygen atoms in total. The van der Waals surface area contributed by atoms with Crippen LogP contribution in [0.3, 0.4) is 0 Å². The molecule has 1 atom stereocenters. The number of benzene rings is 2. The van der Waals surface area contributed by atoms with Crippen LogP contribution in [0.4, 0.5) is 13.2 Å². The van der Waals surface area contributed by atoms with Crippen molar-refractivity contribution >= 4 is 17.6 Å². The van der Waals surface area contributed by atoms with Gasteiger partial charge in [-0.3, -0.25) is 0 Å². The highest BCUT2D eigenvalue weighted by molar-refractivity contribution is 6.30. The van der Waals surface area contributed by atoms with Gasteiger partial charge >= 0.3 is 12.1 Å². The van der Waals surface area contributed by atoms with E-state index in [1.165, 1.54) is 32.4 Å². The van der Waals surface area contributed by atoms with Crippen molar-refractivity contribution in [1.29, 1.82) is 0 Å². The number of alkyl halides is 3. The number of carboxylic acids is 1. The lowest BCUT2D eigenvalue weighted by molar-refractivity contribution is -0.192. The fraction of sp³-hybridized carbons (Fsp3) is 0.519. The number of aliphatic carboxylic acids is 1. The summed E-state index contributed by atoms with van der Waals surface area (Å²) < 4.78 is 44.0. The largest absolute Gasteiger partial charge is 0.494 e.